The Balaban J connectivity index is 2.69. The van der Waals surface area contributed by atoms with Crippen LogP contribution in [-0.4, -0.2) is 36.5 Å². The fraction of sp³-hybridized carbons (Fsp3) is 0.417. The van der Waals surface area contributed by atoms with Crippen LogP contribution in [0.15, 0.2) is 18.2 Å². The van der Waals surface area contributed by atoms with Gasteiger partial charge in [-0.2, -0.15) is 4.39 Å². The second kappa shape index (κ2) is 6.79. The van der Waals surface area contributed by atoms with Crippen molar-refractivity contribution in [1.82, 2.24) is 4.90 Å². The lowest BCUT2D eigenvalue weighted by Gasteiger charge is -2.16. The van der Waals surface area contributed by atoms with E-state index >= 15 is 0 Å². The van der Waals surface area contributed by atoms with Crippen LogP contribution in [0.4, 0.5) is 10.1 Å². The molecule has 0 radical (unpaired) electrons. The number of benzene rings is 1. The van der Waals surface area contributed by atoms with E-state index in [0.29, 0.717) is 6.54 Å². The van der Waals surface area contributed by atoms with Gasteiger partial charge in [-0.05, 0) is 7.05 Å². The summed E-state index contributed by atoms with van der Waals surface area (Å²) in [5, 5.41) is 10.6. The predicted octanol–water partition coefficient (Wildman–Crippen LogP) is 1.73. The minimum atomic E-state index is -0.836. The molecule has 0 aromatic heterocycles. The van der Waals surface area contributed by atoms with Crippen molar-refractivity contribution in [3.63, 3.8) is 0 Å². The SMILES string of the molecule is COC(=O)CCN(C)Cc1cccc([N+](=O)[O-])c1F. The first-order valence-electron chi connectivity index (χ1n) is 5.63. The van der Waals surface area contributed by atoms with E-state index in [2.05, 4.69) is 4.74 Å². The molecule has 0 aliphatic heterocycles. The molecule has 6 nitrogen and oxygen atoms in total. The van der Waals surface area contributed by atoms with E-state index < -0.39 is 16.4 Å². The monoisotopic (exact) mass is 270 g/mol. The van der Waals surface area contributed by atoms with E-state index in [4.69, 9.17) is 0 Å². The average Bonchev–Trinajstić information content (AvgIpc) is 2.38. The lowest BCUT2D eigenvalue weighted by molar-refractivity contribution is -0.387. The smallest absolute Gasteiger partial charge is 0.306 e. The Labute approximate surface area is 109 Å². The van der Waals surface area contributed by atoms with Gasteiger partial charge in [0.2, 0.25) is 5.82 Å². The fourth-order valence-electron chi connectivity index (χ4n) is 1.58. The number of nitrogens with zero attached hydrogens (tertiary/aromatic N) is 2. The molecule has 104 valence electrons. The van der Waals surface area contributed by atoms with Gasteiger partial charge in [0, 0.05) is 24.7 Å². The molecule has 0 unspecified atom stereocenters. The molecular weight excluding hydrogens is 255 g/mol. The van der Waals surface area contributed by atoms with Crippen molar-refractivity contribution >= 4 is 11.7 Å². The minimum Gasteiger partial charge on any atom is -0.469 e. The van der Waals surface area contributed by atoms with Crippen molar-refractivity contribution in [2.75, 3.05) is 20.7 Å². The van der Waals surface area contributed by atoms with E-state index in [1.54, 1.807) is 11.9 Å². The second-order valence-electron chi connectivity index (χ2n) is 4.07. The number of methoxy groups -OCH3 is 1. The highest BCUT2D eigenvalue weighted by molar-refractivity contribution is 5.69. The number of hydrogen-bond donors (Lipinski definition) is 0. The molecule has 0 bridgehead atoms. The molecule has 7 heteroatoms. The molecule has 0 spiro atoms. The van der Waals surface area contributed by atoms with Crippen LogP contribution in [0.3, 0.4) is 0 Å². The highest BCUT2D eigenvalue weighted by Crippen LogP contribution is 2.21. The molecule has 0 saturated heterocycles. The number of halogens is 1. The molecular formula is C12H15FN2O4. The zero-order chi connectivity index (χ0) is 14.4. The van der Waals surface area contributed by atoms with Gasteiger partial charge in [-0.3, -0.25) is 14.9 Å². The van der Waals surface area contributed by atoms with Crippen molar-refractivity contribution < 1.29 is 18.8 Å². The van der Waals surface area contributed by atoms with E-state index in [9.17, 15) is 19.3 Å². The summed E-state index contributed by atoms with van der Waals surface area (Å²) in [6, 6.07) is 4.04. The number of hydrogen-bond acceptors (Lipinski definition) is 5. The zero-order valence-electron chi connectivity index (χ0n) is 10.8. The predicted molar refractivity (Wildman–Crippen MR) is 66.0 cm³/mol. The number of nitro benzene ring substituents is 1. The van der Waals surface area contributed by atoms with Crippen LogP contribution in [0.25, 0.3) is 0 Å². The topological polar surface area (TPSA) is 72.7 Å². The van der Waals surface area contributed by atoms with Gasteiger partial charge < -0.3 is 9.64 Å². The summed E-state index contributed by atoms with van der Waals surface area (Å²) in [6.07, 6.45) is 0.184. The number of ether oxygens (including phenoxy) is 1. The maximum absolute atomic E-state index is 13.8. The summed E-state index contributed by atoms with van der Waals surface area (Å²) >= 11 is 0. The Bertz CT molecular complexity index is 479. The summed E-state index contributed by atoms with van der Waals surface area (Å²) in [5.41, 5.74) is -0.319. The summed E-state index contributed by atoms with van der Waals surface area (Å²) in [4.78, 5) is 22.5. The Kier molecular flexibility index (Phi) is 5.37. The molecule has 0 fully saturated rings. The molecule has 0 heterocycles. The zero-order valence-corrected chi connectivity index (χ0v) is 10.8. The Morgan fingerprint density at radius 1 is 1.53 bits per heavy atom. The molecule has 0 saturated carbocycles. The molecule has 1 rings (SSSR count). The first kappa shape index (κ1) is 15.0. The second-order valence-corrected chi connectivity index (χ2v) is 4.07. The third-order valence-electron chi connectivity index (χ3n) is 2.62. The first-order valence-corrected chi connectivity index (χ1v) is 5.63. The van der Waals surface area contributed by atoms with Gasteiger partial charge in [0.15, 0.2) is 0 Å². The Morgan fingerprint density at radius 3 is 2.79 bits per heavy atom. The number of esters is 1. The summed E-state index contributed by atoms with van der Waals surface area (Å²) in [6.45, 7) is 0.569. The maximum Gasteiger partial charge on any atom is 0.306 e. The Morgan fingerprint density at radius 2 is 2.21 bits per heavy atom. The van der Waals surface area contributed by atoms with E-state index in [0.717, 1.165) is 6.07 Å². The largest absolute Gasteiger partial charge is 0.469 e. The van der Waals surface area contributed by atoms with Crippen LogP contribution in [0.5, 0.6) is 0 Å². The van der Waals surface area contributed by atoms with Gasteiger partial charge in [0.25, 0.3) is 0 Å². The van der Waals surface area contributed by atoms with Crippen LogP contribution in [0.1, 0.15) is 12.0 Å². The highest BCUT2D eigenvalue weighted by atomic mass is 19.1. The van der Waals surface area contributed by atoms with Crippen LogP contribution in [0.2, 0.25) is 0 Å². The summed E-state index contributed by atoms with van der Waals surface area (Å²) in [7, 11) is 2.99. The van der Waals surface area contributed by atoms with Crippen LogP contribution >= 0.6 is 0 Å². The molecule has 1 aromatic carbocycles. The van der Waals surface area contributed by atoms with Crippen molar-refractivity contribution in [2.45, 2.75) is 13.0 Å². The molecule has 0 atom stereocenters. The molecule has 19 heavy (non-hydrogen) atoms. The maximum atomic E-state index is 13.8. The number of carbonyl (C=O) groups is 1. The van der Waals surface area contributed by atoms with Gasteiger partial charge in [-0.15, -0.1) is 0 Å². The molecule has 1 aromatic rings. The minimum absolute atomic E-state index is 0.184. The third-order valence-corrected chi connectivity index (χ3v) is 2.62. The van der Waals surface area contributed by atoms with Gasteiger partial charge in [0.05, 0.1) is 18.5 Å². The standard InChI is InChI=1S/C12H15FN2O4/c1-14(7-6-11(16)19-2)8-9-4-3-5-10(12(9)13)15(17)18/h3-5H,6-8H2,1-2H3. The molecule has 0 N–H and O–H groups in total. The quantitative estimate of drug-likeness (QED) is 0.447. The van der Waals surface area contributed by atoms with Crippen LogP contribution < -0.4 is 0 Å². The molecule has 0 aliphatic rings. The number of rotatable bonds is 6. The van der Waals surface area contributed by atoms with Gasteiger partial charge >= 0.3 is 11.7 Å². The van der Waals surface area contributed by atoms with Crippen molar-refractivity contribution in [2.24, 2.45) is 0 Å². The normalized spacial score (nSPS) is 10.5. The van der Waals surface area contributed by atoms with Gasteiger partial charge in [-0.1, -0.05) is 12.1 Å². The fourth-order valence-corrected chi connectivity index (χ4v) is 1.58. The lowest BCUT2D eigenvalue weighted by atomic mass is 10.1. The first-order chi connectivity index (χ1) is 8.95. The van der Waals surface area contributed by atoms with Crippen molar-refractivity contribution in [1.29, 1.82) is 0 Å². The lowest BCUT2D eigenvalue weighted by Crippen LogP contribution is -2.22. The van der Waals surface area contributed by atoms with E-state index in [-0.39, 0.29) is 24.5 Å². The number of carbonyl (C=O) groups excluding carboxylic acids is 1. The summed E-state index contributed by atoms with van der Waals surface area (Å²) in [5.74, 6) is -1.19. The third kappa shape index (κ3) is 4.29. The molecule has 0 amide bonds. The van der Waals surface area contributed by atoms with Crippen LogP contribution in [-0.2, 0) is 16.1 Å². The van der Waals surface area contributed by atoms with Crippen molar-refractivity contribution in [3.05, 3.63) is 39.7 Å². The van der Waals surface area contributed by atoms with Gasteiger partial charge in [0.1, 0.15) is 0 Å². The van der Waals surface area contributed by atoms with Gasteiger partial charge in [-0.25, -0.2) is 0 Å². The summed E-state index contributed by atoms with van der Waals surface area (Å²) < 4.78 is 18.3. The highest BCUT2D eigenvalue weighted by Gasteiger charge is 2.18. The van der Waals surface area contributed by atoms with Crippen LogP contribution in [0, 0.1) is 15.9 Å². The number of nitro groups is 1. The van der Waals surface area contributed by atoms with E-state index in [1.165, 1.54) is 19.2 Å². The average molecular weight is 270 g/mol. The molecule has 0 aliphatic carbocycles. The van der Waals surface area contributed by atoms with Crippen molar-refractivity contribution in [3.8, 4) is 0 Å². The van der Waals surface area contributed by atoms with E-state index in [1.807, 2.05) is 0 Å². The Hall–Kier alpha value is -2.02.